The summed E-state index contributed by atoms with van der Waals surface area (Å²) >= 11 is 5.78. The van der Waals surface area contributed by atoms with E-state index in [1.165, 1.54) is 24.3 Å². The molecule has 0 aliphatic rings. The van der Waals surface area contributed by atoms with E-state index in [1.807, 2.05) is 68.3 Å². The number of carboxylic acid groups (broad SMARTS) is 1. The van der Waals surface area contributed by atoms with Crippen LogP contribution in [0.3, 0.4) is 0 Å². The summed E-state index contributed by atoms with van der Waals surface area (Å²) in [6.45, 7) is 0. The van der Waals surface area contributed by atoms with Crippen molar-refractivity contribution in [1.29, 1.82) is 0 Å². The molecule has 2 N–H and O–H groups in total. The van der Waals surface area contributed by atoms with Crippen LogP contribution in [0.2, 0.25) is 0 Å². The molecule has 0 bridgehead atoms. The highest BCUT2D eigenvalue weighted by Crippen LogP contribution is 2.36. The van der Waals surface area contributed by atoms with Crippen molar-refractivity contribution >= 4 is 84.7 Å². The van der Waals surface area contributed by atoms with E-state index >= 15 is 0 Å². The number of carbonyl (C=O) groups is 1. The molecule has 2 rings (SSSR count). The molecule has 0 amide bonds. The standard InChI is InChI=1S/C15H12I3NO7S/c16-15(14(20)21,19(17)18)9-10-1-3-11(4-2-10)25-12-5-7-13(8-6-12)26-27(22,23)24/h1-8H,9H2,(H,20,21)(H,22,23,24)/t15-/m0/s1. The van der Waals surface area contributed by atoms with Crippen LogP contribution >= 0.6 is 68.3 Å². The molecule has 2 aromatic carbocycles. The normalized spacial score (nSPS) is 13.8. The Hall–Kier alpha value is -0.430. The minimum Gasteiger partial charge on any atom is -0.479 e. The number of hydrogen-bond donors (Lipinski definition) is 2. The van der Waals surface area contributed by atoms with Crippen LogP contribution in [-0.4, -0.2) is 28.9 Å². The average Bonchev–Trinajstić information content (AvgIpc) is 2.56. The lowest BCUT2D eigenvalue weighted by Gasteiger charge is -2.26. The number of hydrogen-bond acceptors (Lipinski definition) is 6. The van der Waals surface area contributed by atoms with Crippen LogP contribution in [0.25, 0.3) is 0 Å². The summed E-state index contributed by atoms with van der Waals surface area (Å²) in [4.78, 5) is 11.5. The van der Waals surface area contributed by atoms with Crippen molar-refractivity contribution < 1.29 is 31.8 Å². The van der Waals surface area contributed by atoms with E-state index in [1.54, 1.807) is 25.6 Å². The van der Waals surface area contributed by atoms with Crippen molar-refractivity contribution in [3.05, 3.63) is 54.1 Å². The van der Waals surface area contributed by atoms with E-state index in [9.17, 15) is 18.3 Å². The Labute approximate surface area is 197 Å². The number of halogens is 3. The Kier molecular flexibility index (Phi) is 7.94. The number of alkyl halides is 1. The fourth-order valence-corrected chi connectivity index (χ4v) is 3.52. The van der Waals surface area contributed by atoms with Crippen molar-refractivity contribution in [2.45, 2.75) is 9.97 Å². The molecule has 0 saturated heterocycles. The summed E-state index contributed by atoms with van der Waals surface area (Å²) in [5, 5.41) is 9.46. The number of aliphatic carboxylic acids is 1. The van der Waals surface area contributed by atoms with E-state index in [-0.39, 0.29) is 5.75 Å². The van der Waals surface area contributed by atoms with Crippen molar-refractivity contribution in [3.8, 4) is 17.2 Å². The van der Waals surface area contributed by atoms with Crippen LogP contribution in [0.15, 0.2) is 48.5 Å². The predicted molar refractivity (Wildman–Crippen MR) is 123 cm³/mol. The van der Waals surface area contributed by atoms with Crippen molar-refractivity contribution in [3.63, 3.8) is 0 Å². The molecular weight excluding hydrogens is 719 g/mol. The molecular formula is C15H12I3NO7S. The van der Waals surface area contributed by atoms with Gasteiger partial charge in [0.25, 0.3) is 0 Å². The third-order valence-corrected chi connectivity index (χ3v) is 8.44. The second-order valence-corrected chi connectivity index (χ2v) is 11.8. The number of carboxylic acids is 1. The summed E-state index contributed by atoms with van der Waals surface area (Å²) in [7, 11) is -4.57. The predicted octanol–water partition coefficient (Wildman–Crippen LogP) is 4.42. The molecule has 12 heteroatoms. The summed E-state index contributed by atoms with van der Waals surface area (Å²) in [6, 6.07) is 12.6. The maximum absolute atomic E-state index is 11.5. The summed E-state index contributed by atoms with van der Waals surface area (Å²) < 4.78 is 40.4. The van der Waals surface area contributed by atoms with Gasteiger partial charge in [-0.1, -0.05) is 12.1 Å². The minimum atomic E-state index is -4.57. The van der Waals surface area contributed by atoms with E-state index in [0.717, 1.165) is 5.56 Å². The van der Waals surface area contributed by atoms with Gasteiger partial charge in [0.15, 0.2) is 3.55 Å². The van der Waals surface area contributed by atoms with Crippen molar-refractivity contribution in [2.75, 3.05) is 0 Å². The summed E-state index contributed by atoms with van der Waals surface area (Å²) in [5.41, 5.74) is 0.828. The van der Waals surface area contributed by atoms with E-state index < -0.39 is 19.9 Å². The van der Waals surface area contributed by atoms with E-state index in [4.69, 9.17) is 9.29 Å². The first-order valence-corrected chi connectivity index (χ1v) is 11.4. The topological polar surface area (TPSA) is 113 Å². The quantitative estimate of drug-likeness (QED) is 0.135. The summed E-state index contributed by atoms with van der Waals surface area (Å²) in [5.74, 6) is -0.0175. The van der Waals surface area contributed by atoms with E-state index in [2.05, 4.69) is 4.18 Å². The molecule has 8 nitrogen and oxygen atoms in total. The number of ether oxygens (including phenoxy) is 1. The lowest BCUT2D eigenvalue weighted by atomic mass is 10.1. The lowest BCUT2D eigenvalue weighted by molar-refractivity contribution is -0.140. The van der Waals surface area contributed by atoms with Crippen LogP contribution in [-0.2, 0) is 21.6 Å². The second kappa shape index (κ2) is 9.38. The zero-order valence-corrected chi connectivity index (χ0v) is 20.5. The third-order valence-electron chi connectivity index (χ3n) is 3.22. The molecule has 2 aromatic rings. The highest BCUT2D eigenvalue weighted by Gasteiger charge is 2.40. The number of rotatable bonds is 8. The summed E-state index contributed by atoms with van der Waals surface area (Å²) in [6.07, 6.45) is 0.302. The zero-order chi connectivity index (χ0) is 20.2. The van der Waals surface area contributed by atoms with Gasteiger partial charge in [0.05, 0.1) is 0 Å². The fraction of sp³-hybridized carbons (Fsp3) is 0.133. The number of benzene rings is 2. The van der Waals surface area contributed by atoms with E-state index in [0.29, 0.717) is 17.9 Å². The molecule has 0 fully saturated rings. The van der Waals surface area contributed by atoms with Crippen molar-refractivity contribution in [2.24, 2.45) is 0 Å². The SMILES string of the molecule is O=C(O)[C@](I)(Cc1ccc(Oc2ccc(OS(=O)(=O)O)cc2)cc1)N(I)I. The van der Waals surface area contributed by atoms with Gasteiger partial charge in [0.1, 0.15) is 17.2 Å². The monoisotopic (exact) mass is 731 g/mol. The van der Waals surface area contributed by atoms with Gasteiger partial charge in [-0.3, -0.25) is 4.55 Å². The Bertz CT molecular complexity index is 904. The molecule has 1 atom stereocenters. The Morgan fingerprint density at radius 3 is 1.85 bits per heavy atom. The van der Waals surface area contributed by atoms with Gasteiger partial charge in [-0.2, -0.15) is 9.74 Å². The van der Waals surface area contributed by atoms with Gasteiger partial charge >= 0.3 is 16.4 Å². The van der Waals surface area contributed by atoms with Gasteiger partial charge in [-0.25, -0.2) is 4.79 Å². The molecule has 27 heavy (non-hydrogen) atoms. The van der Waals surface area contributed by atoms with Crippen LogP contribution in [0.5, 0.6) is 17.2 Å². The number of nitrogens with zero attached hydrogens (tertiary/aromatic N) is 1. The maximum atomic E-state index is 11.5. The molecule has 0 unspecified atom stereocenters. The molecule has 0 aliphatic heterocycles. The van der Waals surface area contributed by atoms with Crippen LogP contribution < -0.4 is 8.92 Å². The van der Waals surface area contributed by atoms with Gasteiger partial charge < -0.3 is 14.0 Å². The first kappa shape index (κ1) is 22.9. The average molecular weight is 731 g/mol. The Balaban J connectivity index is 2.06. The van der Waals surface area contributed by atoms with Gasteiger partial charge in [0, 0.05) is 52.1 Å². The Morgan fingerprint density at radius 2 is 1.44 bits per heavy atom. The molecule has 0 saturated carbocycles. The van der Waals surface area contributed by atoms with Gasteiger partial charge in [0.2, 0.25) is 0 Å². The molecule has 0 spiro atoms. The fourth-order valence-electron chi connectivity index (χ4n) is 1.97. The smallest absolute Gasteiger partial charge is 0.446 e. The molecule has 0 aliphatic carbocycles. The van der Waals surface area contributed by atoms with Gasteiger partial charge in [-0.05, 0) is 64.6 Å². The first-order valence-electron chi connectivity index (χ1n) is 7.07. The highest BCUT2D eigenvalue weighted by atomic mass is 127. The lowest BCUT2D eigenvalue weighted by Crippen LogP contribution is -2.41. The third kappa shape index (κ3) is 6.84. The second-order valence-electron chi connectivity index (χ2n) is 5.20. The first-order chi connectivity index (χ1) is 12.5. The molecule has 0 radical (unpaired) electrons. The van der Waals surface area contributed by atoms with Crippen LogP contribution in [0.4, 0.5) is 0 Å². The maximum Gasteiger partial charge on any atom is 0.446 e. The molecule has 0 aromatic heterocycles. The zero-order valence-electron chi connectivity index (χ0n) is 13.3. The largest absolute Gasteiger partial charge is 0.479 e. The minimum absolute atomic E-state index is 0.0468. The van der Waals surface area contributed by atoms with Crippen LogP contribution in [0, 0.1) is 0 Å². The van der Waals surface area contributed by atoms with Gasteiger partial charge in [-0.15, -0.1) is 0 Å². The Morgan fingerprint density at radius 1 is 1.00 bits per heavy atom. The molecule has 146 valence electrons. The highest BCUT2D eigenvalue weighted by molar-refractivity contribution is 14.2. The molecule has 0 heterocycles. The van der Waals surface area contributed by atoms with Crippen LogP contribution in [0.1, 0.15) is 5.56 Å². The van der Waals surface area contributed by atoms with Crippen molar-refractivity contribution in [1.82, 2.24) is 1.33 Å².